The summed E-state index contributed by atoms with van der Waals surface area (Å²) in [7, 11) is 0. The molecule has 0 radical (unpaired) electrons. The zero-order valence-electron chi connectivity index (χ0n) is 16.9. The molecule has 0 unspecified atom stereocenters. The first-order chi connectivity index (χ1) is 12.6. The second-order valence-electron chi connectivity index (χ2n) is 8.15. The number of hydrogen-bond donors (Lipinski definition) is 1. The van der Waals surface area contributed by atoms with Crippen molar-refractivity contribution in [2.45, 2.75) is 84.0 Å². The molecule has 1 fully saturated rings. The summed E-state index contributed by atoms with van der Waals surface area (Å²) in [5.74, 6) is -1.27. The van der Waals surface area contributed by atoms with Gasteiger partial charge in [-0.3, -0.25) is 4.79 Å². The van der Waals surface area contributed by atoms with Crippen molar-refractivity contribution in [3.63, 3.8) is 0 Å². The lowest BCUT2D eigenvalue weighted by Gasteiger charge is -2.40. The lowest BCUT2D eigenvalue weighted by atomic mass is 9.78. The minimum atomic E-state index is -1.15. The van der Waals surface area contributed by atoms with Gasteiger partial charge in [0.15, 0.2) is 0 Å². The van der Waals surface area contributed by atoms with Gasteiger partial charge >= 0.3 is 11.9 Å². The first kappa shape index (κ1) is 21.4. The minimum absolute atomic E-state index is 0.309. The summed E-state index contributed by atoms with van der Waals surface area (Å²) in [5.41, 5.74) is 1.54. The highest BCUT2D eigenvalue weighted by Gasteiger charge is 2.45. The highest BCUT2D eigenvalue weighted by atomic mass is 16.6. The lowest BCUT2D eigenvalue weighted by Crippen LogP contribution is -2.49. The Labute approximate surface area is 162 Å². The molecule has 1 heterocycles. The Morgan fingerprint density at radius 2 is 1.96 bits per heavy atom. The number of aliphatic hydroxyl groups is 1. The van der Waals surface area contributed by atoms with Gasteiger partial charge < -0.3 is 14.6 Å². The summed E-state index contributed by atoms with van der Waals surface area (Å²) in [5, 5.41) is 11.0. The molecule has 0 aromatic rings. The van der Waals surface area contributed by atoms with Gasteiger partial charge in [0.1, 0.15) is 12.2 Å². The van der Waals surface area contributed by atoms with E-state index in [0.717, 1.165) is 18.4 Å². The van der Waals surface area contributed by atoms with Gasteiger partial charge in [-0.25, -0.2) is 4.79 Å². The Hall–Kier alpha value is -1.88. The molecule has 150 valence electrons. The van der Waals surface area contributed by atoms with Crippen molar-refractivity contribution in [1.29, 1.82) is 0 Å². The molecule has 1 saturated heterocycles. The second-order valence-corrected chi connectivity index (χ2v) is 8.15. The molecule has 0 saturated carbocycles. The van der Waals surface area contributed by atoms with E-state index in [-0.39, 0.29) is 11.9 Å². The van der Waals surface area contributed by atoms with Crippen LogP contribution < -0.4 is 0 Å². The Morgan fingerprint density at radius 1 is 1.30 bits per heavy atom. The fraction of sp³-hybridized carbons (Fsp3) is 0.636. The SMILES string of the molecule is C=C1C(=O)O[C@H]2C[C@H]1[C@H](OC(C)=O)C/C(C)=C/CC/C(C)=C\CC[C@@]2(C)O. The van der Waals surface area contributed by atoms with Gasteiger partial charge in [-0.1, -0.05) is 29.9 Å². The molecule has 1 aliphatic heterocycles. The number of carbonyl (C=O) groups is 2. The predicted octanol–water partition coefficient (Wildman–Crippen LogP) is 4.01. The molecule has 0 amide bonds. The molecule has 27 heavy (non-hydrogen) atoms. The number of allylic oxidation sites excluding steroid dienone is 3. The number of ether oxygens (including phenoxy) is 2. The van der Waals surface area contributed by atoms with Crippen LogP contribution in [0.25, 0.3) is 0 Å². The van der Waals surface area contributed by atoms with Crippen LogP contribution in [0, 0.1) is 5.92 Å². The van der Waals surface area contributed by atoms with Gasteiger partial charge in [-0.2, -0.15) is 0 Å². The van der Waals surface area contributed by atoms with Crippen LogP contribution >= 0.6 is 0 Å². The highest BCUT2D eigenvalue weighted by Crippen LogP contribution is 2.37. The van der Waals surface area contributed by atoms with Crippen molar-refractivity contribution in [3.8, 4) is 0 Å². The number of esters is 2. The fourth-order valence-electron chi connectivity index (χ4n) is 3.83. The van der Waals surface area contributed by atoms with Crippen LogP contribution in [0.5, 0.6) is 0 Å². The average Bonchev–Trinajstić information content (AvgIpc) is 2.55. The standard InChI is InChI=1S/C22H32O5/c1-14-8-6-9-15(2)12-19(26-17(4)23)18-13-20(27-21(24)16(18)3)22(5,25)11-7-10-14/h9-10,18-20,25H,3,6-8,11-13H2,1-2,4-5H3/b14-10-,15-9+/t18-,19-,20+,22-/m1/s1. The Kier molecular flexibility index (Phi) is 7.04. The van der Waals surface area contributed by atoms with Crippen molar-refractivity contribution in [2.24, 2.45) is 5.92 Å². The van der Waals surface area contributed by atoms with Crippen LogP contribution in [-0.2, 0) is 19.1 Å². The highest BCUT2D eigenvalue weighted by molar-refractivity contribution is 5.89. The summed E-state index contributed by atoms with van der Waals surface area (Å²) in [6, 6.07) is 0. The molecule has 0 aromatic heterocycles. The van der Waals surface area contributed by atoms with E-state index < -0.39 is 23.8 Å². The minimum Gasteiger partial charge on any atom is -0.462 e. The average molecular weight is 376 g/mol. The van der Waals surface area contributed by atoms with Crippen molar-refractivity contribution in [3.05, 3.63) is 35.5 Å². The van der Waals surface area contributed by atoms with Gasteiger partial charge in [-0.15, -0.1) is 0 Å². The topological polar surface area (TPSA) is 72.8 Å². The van der Waals surface area contributed by atoms with E-state index >= 15 is 0 Å². The summed E-state index contributed by atoms with van der Waals surface area (Å²) >= 11 is 0. The quantitative estimate of drug-likeness (QED) is 0.425. The van der Waals surface area contributed by atoms with Crippen LogP contribution in [-0.4, -0.2) is 34.9 Å². The third-order valence-corrected chi connectivity index (χ3v) is 5.58. The monoisotopic (exact) mass is 376 g/mol. The zero-order chi connectivity index (χ0) is 20.2. The van der Waals surface area contributed by atoms with Crippen molar-refractivity contribution in [2.75, 3.05) is 0 Å². The van der Waals surface area contributed by atoms with Gasteiger partial charge in [0.05, 0.1) is 5.60 Å². The first-order valence-corrected chi connectivity index (χ1v) is 9.70. The largest absolute Gasteiger partial charge is 0.462 e. The molecule has 0 aromatic carbocycles. The lowest BCUT2D eigenvalue weighted by molar-refractivity contribution is -0.174. The second kappa shape index (κ2) is 8.87. The molecule has 2 rings (SSSR count). The van der Waals surface area contributed by atoms with E-state index in [9.17, 15) is 14.7 Å². The molecular formula is C22H32O5. The van der Waals surface area contributed by atoms with E-state index in [2.05, 4.69) is 25.7 Å². The Morgan fingerprint density at radius 3 is 2.63 bits per heavy atom. The van der Waals surface area contributed by atoms with E-state index in [4.69, 9.17) is 9.47 Å². The molecule has 1 N–H and O–H groups in total. The summed E-state index contributed by atoms with van der Waals surface area (Å²) in [4.78, 5) is 24.1. The van der Waals surface area contributed by atoms with Crippen LogP contribution in [0.3, 0.4) is 0 Å². The van der Waals surface area contributed by atoms with Crippen LogP contribution in [0.2, 0.25) is 0 Å². The molecule has 0 spiro atoms. The van der Waals surface area contributed by atoms with Crippen LogP contribution in [0.1, 0.15) is 66.2 Å². The molecule has 4 atom stereocenters. The molecular weight excluding hydrogens is 344 g/mol. The normalized spacial score (nSPS) is 37.1. The molecule has 2 aliphatic rings. The summed E-state index contributed by atoms with van der Waals surface area (Å²) in [6.45, 7) is 11.1. The van der Waals surface area contributed by atoms with Crippen molar-refractivity contribution < 1.29 is 24.2 Å². The van der Waals surface area contributed by atoms with Gasteiger partial charge in [0, 0.05) is 24.8 Å². The van der Waals surface area contributed by atoms with E-state index in [1.165, 1.54) is 12.5 Å². The zero-order valence-corrected chi connectivity index (χ0v) is 16.9. The number of rotatable bonds is 1. The van der Waals surface area contributed by atoms with Crippen molar-refractivity contribution >= 4 is 11.9 Å². The van der Waals surface area contributed by atoms with Gasteiger partial charge in [-0.05, 0) is 52.9 Å². The van der Waals surface area contributed by atoms with Crippen molar-refractivity contribution in [1.82, 2.24) is 0 Å². The van der Waals surface area contributed by atoms with Gasteiger partial charge in [0.2, 0.25) is 0 Å². The summed E-state index contributed by atoms with van der Waals surface area (Å²) < 4.78 is 11.1. The molecule has 1 aliphatic carbocycles. The van der Waals surface area contributed by atoms with Crippen LogP contribution in [0.4, 0.5) is 0 Å². The third-order valence-electron chi connectivity index (χ3n) is 5.58. The number of carbonyl (C=O) groups excluding carboxylic acids is 2. The van der Waals surface area contributed by atoms with E-state index in [1.807, 2.05) is 6.92 Å². The molecule has 2 bridgehead atoms. The summed E-state index contributed by atoms with van der Waals surface area (Å²) in [6.07, 6.45) is 7.17. The van der Waals surface area contributed by atoms with Gasteiger partial charge in [0.25, 0.3) is 0 Å². The first-order valence-electron chi connectivity index (χ1n) is 9.70. The number of fused-ring (bicyclic) bond motifs is 2. The predicted molar refractivity (Wildman–Crippen MR) is 104 cm³/mol. The Balaban J connectivity index is 2.38. The van der Waals surface area contributed by atoms with E-state index in [0.29, 0.717) is 31.3 Å². The number of hydrogen-bond acceptors (Lipinski definition) is 5. The fourth-order valence-corrected chi connectivity index (χ4v) is 3.83. The maximum absolute atomic E-state index is 12.4. The molecule has 5 heteroatoms. The molecule has 5 nitrogen and oxygen atoms in total. The smallest absolute Gasteiger partial charge is 0.334 e. The third kappa shape index (κ3) is 5.80. The Bertz CT molecular complexity index is 656. The van der Waals surface area contributed by atoms with Crippen LogP contribution in [0.15, 0.2) is 35.5 Å². The van der Waals surface area contributed by atoms with E-state index in [1.54, 1.807) is 6.92 Å². The maximum atomic E-state index is 12.4. The maximum Gasteiger partial charge on any atom is 0.334 e.